The van der Waals surface area contributed by atoms with E-state index in [1.807, 2.05) is 0 Å². The zero-order valence-electron chi connectivity index (χ0n) is 15.3. The van der Waals surface area contributed by atoms with E-state index in [4.69, 9.17) is 0 Å². The van der Waals surface area contributed by atoms with Crippen molar-refractivity contribution in [2.75, 3.05) is 38.5 Å². The molecule has 1 unspecified atom stereocenters. The first-order valence-corrected chi connectivity index (χ1v) is 8.58. The number of amides is 1. The lowest BCUT2D eigenvalue weighted by Crippen LogP contribution is -2.46. The molecule has 0 aromatic heterocycles. The summed E-state index contributed by atoms with van der Waals surface area (Å²) in [6.07, 6.45) is 2.27. The van der Waals surface area contributed by atoms with Crippen LogP contribution in [0, 0.1) is 17.5 Å². The fraction of sp³-hybridized carbons (Fsp3) is 0.529. The lowest BCUT2D eigenvalue weighted by Gasteiger charge is -2.23. The van der Waals surface area contributed by atoms with Crippen molar-refractivity contribution in [3.63, 3.8) is 0 Å². The number of hydrogen-bond donors (Lipinski definition) is 3. The minimum absolute atomic E-state index is 0. The van der Waals surface area contributed by atoms with Gasteiger partial charge in [-0.25, -0.2) is 13.2 Å². The number of guanidine groups is 1. The summed E-state index contributed by atoms with van der Waals surface area (Å²) in [7, 11) is 1.58. The van der Waals surface area contributed by atoms with Crippen LogP contribution in [0.25, 0.3) is 0 Å². The number of nitrogens with zero attached hydrogens (tertiary/aromatic N) is 2. The van der Waals surface area contributed by atoms with Gasteiger partial charge < -0.3 is 16.0 Å². The third-order valence-corrected chi connectivity index (χ3v) is 4.36. The fourth-order valence-corrected chi connectivity index (χ4v) is 2.96. The summed E-state index contributed by atoms with van der Waals surface area (Å²) < 4.78 is 39.6. The highest BCUT2D eigenvalue weighted by Gasteiger charge is 2.22. The number of carbonyl (C=O) groups is 1. The predicted octanol–water partition coefficient (Wildman–Crippen LogP) is 2.31. The molecule has 10 heteroatoms. The minimum Gasteiger partial charge on any atom is -0.355 e. The van der Waals surface area contributed by atoms with E-state index < -0.39 is 29.0 Å². The Balaban J connectivity index is 0.00000364. The summed E-state index contributed by atoms with van der Waals surface area (Å²) in [6.45, 7) is 4.69. The number of rotatable bonds is 6. The molecule has 0 aliphatic carbocycles. The molecule has 152 valence electrons. The minimum atomic E-state index is -1.62. The van der Waals surface area contributed by atoms with Crippen LogP contribution in [0.4, 0.5) is 18.9 Å². The van der Waals surface area contributed by atoms with E-state index in [1.54, 1.807) is 7.05 Å². The second-order valence-corrected chi connectivity index (χ2v) is 6.00. The third-order valence-electron chi connectivity index (χ3n) is 4.36. The lowest BCUT2D eigenvalue weighted by molar-refractivity contribution is -0.115. The summed E-state index contributed by atoms with van der Waals surface area (Å²) in [5.41, 5.74) is -0.414. The van der Waals surface area contributed by atoms with Crippen LogP contribution < -0.4 is 16.0 Å². The van der Waals surface area contributed by atoms with Crippen LogP contribution in [0.2, 0.25) is 0 Å². The number of hydrogen-bond acceptors (Lipinski definition) is 3. The second-order valence-electron chi connectivity index (χ2n) is 6.00. The van der Waals surface area contributed by atoms with Crippen LogP contribution in [0.3, 0.4) is 0 Å². The van der Waals surface area contributed by atoms with Crippen molar-refractivity contribution in [1.82, 2.24) is 15.5 Å². The molecule has 1 saturated heterocycles. The SMILES string of the molecule is CCN1CCCC1CNC(=NC)NCC(=O)Nc1ccc(F)c(F)c1F.I. The highest BCUT2D eigenvalue weighted by atomic mass is 127. The van der Waals surface area contributed by atoms with E-state index in [0.29, 0.717) is 18.5 Å². The van der Waals surface area contributed by atoms with Gasteiger partial charge in [-0.05, 0) is 38.1 Å². The average Bonchev–Trinajstić information content (AvgIpc) is 3.10. The van der Waals surface area contributed by atoms with E-state index in [9.17, 15) is 18.0 Å². The number of aliphatic imine (C=N–C) groups is 1. The third kappa shape index (κ3) is 6.52. The predicted molar refractivity (Wildman–Crippen MR) is 110 cm³/mol. The normalized spacial score (nSPS) is 17.4. The lowest BCUT2D eigenvalue weighted by atomic mass is 10.2. The molecule has 0 bridgehead atoms. The van der Waals surface area contributed by atoms with Crippen molar-refractivity contribution < 1.29 is 18.0 Å². The first-order valence-electron chi connectivity index (χ1n) is 8.58. The van der Waals surface area contributed by atoms with Gasteiger partial charge in [0.1, 0.15) is 0 Å². The summed E-state index contributed by atoms with van der Waals surface area (Å²) in [6, 6.07) is 2.14. The molecule has 1 aliphatic heterocycles. The first kappa shape index (κ1) is 23.5. The molecule has 1 atom stereocenters. The Morgan fingerprint density at radius 1 is 1.26 bits per heavy atom. The van der Waals surface area contributed by atoms with Gasteiger partial charge in [0.25, 0.3) is 0 Å². The molecule has 1 aliphatic rings. The van der Waals surface area contributed by atoms with Crippen molar-refractivity contribution in [1.29, 1.82) is 0 Å². The summed E-state index contributed by atoms with van der Waals surface area (Å²) in [5, 5.41) is 8.16. The Morgan fingerprint density at radius 3 is 2.67 bits per heavy atom. The number of anilines is 1. The topological polar surface area (TPSA) is 68.8 Å². The molecule has 1 aromatic rings. The Morgan fingerprint density at radius 2 is 2.00 bits per heavy atom. The van der Waals surface area contributed by atoms with Gasteiger partial charge in [-0.1, -0.05) is 6.92 Å². The molecule has 1 amide bonds. The largest absolute Gasteiger partial charge is 0.355 e. The molecule has 0 radical (unpaired) electrons. The maximum Gasteiger partial charge on any atom is 0.243 e. The van der Waals surface area contributed by atoms with Crippen LogP contribution >= 0.6 is 24.0 Å². The van der Waals surface area contributed by atoms with Crippen LogP contribution in [-0.4, -0.2) is 56.0 Å². The van der Waals surface area contributed by atoms with Crippen molar-refractivity contribution in [3.05, 3.63) is 29.6 Å². The van der Waals surface area contributed by atoms with Gasteiger partial charge in [0.05, 0.1) is 12.2 Å². The van der Waals surface area contributed by atoms with E-state index in [2.05, 4.69) is 32.8 Å². The summed E-state index contributed by atoms with van der Waals surface area (Å²) in [4.78, 5) is 18.3. The zero-order valence-corrected chi connectivity index (χ0v) is 17.6. The number of halogens is 4. The molecule has 1 fully saturated rings. The molecule has 1 heterocycles. The second kappa shape index (κ2) is 11.3. The highest BCUT2D eigenvalue weighted by Crippen LogP contribution is 2.19. The van der Waals surface area contributed by atoms with Crippen LogP contribution in [0.1, 0.15) is 19.8 Å². The van der Waals surface area contributed by atoms with Crippen molar-refractivity contribution in [2.24, 2.45) is 4.99 Å². The Hall–Kier alpha value is -1.56. The Labute approximate surface area is 174 Å². The van der Waals surface area contributed by atoms with Gasteiger partial charge in [-0.2, -0.15) is 0 Å². The molecule has 6 nitrogen and oxygen atoms in total. The van der Waals surface area contributed by atoms with Gasteiger partial charge >= 0.3 is 0 Å². The van der Waals surface area contributed by atoms with Crippen LogP contribution in [-0.2, 0) is 4.79 Å². The molecule has 0 spiro atoms. The number of nitrogens with one attached hydrogen (secondary N) is 3. The highest BCUT2D eigenvalue weighted by molar-refractivity contribution is 14.0. The van der Waals surface area contributed by atoms with Gasteiger partial charge in [-0.15, -0.1) is 24.0 Å². The Bertz CT molecular complexity index is 674. The molecule has 3 N–H and O–H groups in total. The van der Waals surface area contributed by atoms with E-state index in [1.165, 1.54) is 0 Å². The molecular weight excluding hydrogens is 474 g/mol. The van der Waals surface area contributed by atoms with Crippen LogP contribution in [0.15, 0.2) is 17.1 Å². The Kier molecular flexibility index (Phi) is 9.84. The van der Waals surface area contributed by atoms with Gasteiger partial charge in [-0.3, -0.25) is 14.7 Å². The number of likely N-dealkylation sites (tertiary alicyclic amines) is 1. The molecule has 27 heavy (non-hydrogen) atoms. The quantitative estimate of drug-likeness (QED) is 0.243. The fourth-order valence-electron chi connectivity index (χ4n) is 2.96. The van der Waals surface area contributed by atoms with Crippen molar-refractivity contribution in [2.45, 2.75) is 25.8 Å². The summed E-state index contributed by atoms with van der Waals surface area (Å²) in [5.74, 6) is -4.52. The number of benzene rings is 1. The van der Waals surface area contributed by atoms with Crippen molar-refractivity contribution in [3.8, 4) is 0 Å². The van der Waals surface area contributed by atoms with E-state index in [-0.39, 0.29) is 30.5 Å². The van der Waals surface area contributed by atoms with Gasteiger partial charge in [0, 0.05) is 19.6 Å². The number of carbonyl (C=O) groups excluding carboxylic acids is 1. The van der Waals surface area contributed by atoms with Gasteiger partial charge in [0.15, 0.2) is 23.4 Å². The average molecular weight is 499 g/mol. The zero-order chi connectivity index (χ0) is 19.1. The van der Waals surface area contributed by atoms with Crippen molar-refractivity contribution >= 4 is 41.5 Å². The molecule has 2 rings (SSSR count). The molecule has 0 saturated carbocycles. The van der Waals surface area contributed by atoms with E-state index in [0.717, 1.165) is 38.1 Å². The smallest absolute Gasteiger partial charge is 0.243 e. The standard InChI is InChI=1S/C17H24F3N5O.HI/c1-3-25-8-4-5-11(25)9-22-17(21-2)23-10-14(26)24-13-7-6-12(18)15(19)16(13)20;/h6-7,11H,3-5,8-10H2,1-2H3,(H,24,26)(H2,21,22,23);1H. The van der Waals surface area contributed by atoms with Crippen LogP contribution in [0.5, 0.6) is 0 Å². The monoisotopic (exact) mass is 499 g/mol. The summed E-state index contributed by atoms with van der Waals surface area (Å²) >= 11 is 0. The van der Waals surface area contributed by atoms with E-state index >= 15 is 0 Å². The molecule has 1 aromatic carbocycles. The number of likely N-dealkylation sites (N-methyl/N-ethyl adjacent to an activating group) is 1. The first-order chi connectivity index (χ1) is 12.5. The maximum absolute atomic E-state index is 13.6. The van der Waals surface area contributed by atoms with Gasteiger partial charge in [0.2, 0.25) is 5.91 Å². The molecular formula is C17H25F3IN5O. The maximum atomic E-state index is 13.6.